The van der Waals surface area contributed by atoms with Crippen molar-refractivity contribution >= 4 is 17.6 Å². The Bertz CT molecular complexity index is 1040. The topological polar surface area (TPSA) is 179 Å². The van der Waals surface area contributed by atoms with E-state index < -0.39 is 0 Å². The fourth-order valence-electron chi connectivity index (χ4n) is 3.00. The molecule has 0 bridgehead atoms. The molecule has 0 unspecified atom stereocenters. The molecule has 0 aliphatic carbocycles. The Hall–Kier alpha value is -3.81. The van der Waals surface area contributed by atoms with Crippen molar-refractivity contribution < 1.29 is 23.8 Å². The first-order chi connectivity index (χ1) is 17.2. The minimum Gasteiger partial charge on any atom is -0.497 e. The molecule has 1 saturated heterocycles. The molecule has 196 valence electrons. The summed E-state index contributed by atoms with van der Waals surface area (Å²) in [6.07, 6.45) is 0.0349. The Morgan fingerprint density at radius 2 is 1.97 bits per heavy atom. The number of rotatable bonds is 8. The zero-order valence-electron chi connectivity index (χ0n) is 21.0. The molecular weight excluding hydrogens is 468 g/mol. The normalized spacial score (nSPS) is 15.2. The van der Waals surface area contributed by atoms with E-state index in [1.54, 1.807) is 14.0 Å². The van der Waals surface area contributed by atoms with Gasteiger partial charge in [0.25, 0.3) is 5.91 Å². The minimum absolute atomic E-state index is 0.0285. The summed E-state index contributed by atoms with van der Waals surface area (Å²) in [6.45, 7) is 5.92. The van der Waals surface area contributed by atoms with Crippen LogP contribution in [0.5, 0.6) is 5.75 Å². The van der Waals surface area contributed by atoms with Crippen molar-refractivity contribution in [2.75, 3.05) is 40.5 Å². The Balaban J connectivity index is 0.000000346. The Kier molecular flexibility index (Phi) is 11.5. The molecule has 1 aliphatic rings. The fraction of sp³-hybridized carbons (Fsp3) is 0.435. The number of benzene rings is 1. The third kappa shape index (κ3) is 10.2. The first-order valence-corrected chi connectivity index (χ1v) is 11.2. The van der Waals surface area contributed by atoms with Crippen LogP contribution in [0.25, 0.3) is 0 Å². The van der Waals surface area contributed by atoms with Gasteiger partial charge in [-0.2, -0.15) is 0 Å². The fourth-order valence-corrected chi connectivity index (χ4v) is 3.00. The maximum absolute atomic E-state index is 12.4. The second-order valence-corrected chi connectivity index (χ2v) is 7.78. The highest BCUT2D eigenvalue weighted by Crippen LogP contribution is 2.12. The summed E-state index contributed by atoms with van der Waals surface area (Å²) in [5, 5.41) is 10.4. The van der Waals surface area contributed by atoms with Crippen molar-refractivity contribution in [2.45, 2.75) is 26.5 Å². The highest BCUT2D eigenvalue weighted by molar-refractivity contribution is 5.99. The number of carbonyl (C=O) groups excluding carboxylic acids is 2. The SMILES string of the molecule is CC(=O)NC[C@@H]1COCCO1.COc1cccc(CNC(=O)c2cc(/C(N)=N/N(C)N)nc(C)n2)c1. The lowest BCUT2D eigenvalue weighted by Crippen LogP contribution is -2.38. The van der Waals surface area contributed by atoms with E-state index in [0.29, 0.717) is 44.4 Å². The van der Waals surface area contributed by atoms with Crippen LogP contribution in [0.4, 0.5) is 0 Å². The summed E-state index contributed by atoms with van der Waals surface area (Å²) < 4.78 is 15.6. The van der Waals surface area contributed by atoms with Crippen molar-refractivity contribution in [1.82, 2.24) is 25.7 Å². The molecule has 2 aromatic rings. The zero-order valence-corrected chi connectivity index (χ0v) is 21.0. The lowest BCUT2D eigenvalue weighted by atomic mass is 10.2. The summed E-state index contributed by atoms with van der Waals surface area (Å²) >= 11 is 0. The standard InChI is InChI=1S/C16H21N7O2.C7H13NO3/c1-10-20-13(15(17)22-23(2)18)8-14(21-10)16(24)19-9-11-5-4-6-12(7-11)25-3;1-6(9)8-4-7-5-10-2-3-11-7/h4-8H,9,18H2,1-3H3,(H2,17,22)(H,19,24);7H,2-5H2,1H3,(H,8,9)/t;7-/m.1/s1. The molecular formula is C23H34N8O5. The van der Waals surface area contributed by atoms with Crippen molar-refractivity contribution in [3.05, 3.63) is 53.1 Å². The average Bonchev–Trinajstić information content (AvgIpc) is 2.86. The molecule has 0 spiro atoms. The van der Waals surface area contributed by atoms with Gasteiger partial charge in [-0.1, -0.05) is 12.1 Å². The minimum atomic E-state index is -0.344. The number of amidine groups is 1. The molecule has 13 heteroatoms. The summed E-state index contributed by atoms with van der Waals surface area (Å²) in [5.74, 6) is 6.29. The maximum atomic E-state index is 12.4. The second kappa shape index (κ2) is 14.6. The molecule has 6 N–H and O–H groups in total. The number of nitrogens with one attached hydrogen (secondary N) is 2. The van der Waals surface area contributed by atoms with Crippen LogP contribution in [-0.4, -0.2) is 79.4 Å². The van der Waals surface area contributed by atoms with Crippen LogP contribution in [0, 0.1) is 6.92 Å². The van der Waals surface area contributed by atoms with E-state index >= 15 is 0 Å². The number of amides is 2. The predicted octanol–water partition coefficient (Wildman–Crippen LogP) is -0.313. The van der Waals surface area contributed by atoms with Gasteiger partial charge in [-0.3, -0.25) is 9.59 Å². The third-order valence-corrected chi connectivity index (χ3v) is 4.65. The van der Waals surface area contributed by atoms with E-state index in [2.05, 4.69) is 25.7 Å². The van der Waals surface area contributed by atoms with Gasteiger partial charge in [0.05, 0.1) is 33.0 Å². The molecule has 3 rings (SSSR count). The van der Waals surface area contributed by atoms with Crippen molar-refractivity contribution in [2.24, 2.45) is 16.7 Å². The highest BCUT2D eigenvalue weighted by atomic mass is 16.6. The van der Waals surface area contributed by atoms with Crippen LogP contribution in [0.3, 0.4) is 0 Å². The van der Waals surface area contributed by atoms with Gasteiger partial charge in [0.1, 0.15) is 23.0 Å². The van der Waals surface area contributed by atoms with Gasteiger partial charge < -0.3 is 30.6 Å². The quantitative estimate of drug-likeness (QED) is 0.162. The van der Waals surface area contributed by atoms with Crippen molar-refractivity contribution in [1.29, 1.82) is 0 Å². The molecule has 0 radical (unpaired) electrons. The van der Waals surface area contributed by atoms with Gasteiger partial charge in [0.15, 0.2) is 5.84 Å². The molecule has 2 heterocycles. The summed E-state index contributed by atoms with van der Waals surface area (Å²) in [7, 11) is 3.12. The number of hydrazone groups is 1. The zero-order chi connectivity index (χ0) is 26.5. The van der Waals surface area contributed by atoms with E-state index in [0.717, 1.165) is 16.4 Å². The molecule has 1 aromatic heterocycles. The molecule has 1 aromatic carbocycles. The van der Waals surface area contributed by atoms with Gasteiger partial charge in [0.2, 0.25) is 5.91 Å². The van der Waals surface area contributed by atoms with Crippen LogP contribution in [-0.2, 0) is 20.8 Å². The van der Waals surface area contributed by atoms with Gasteiger partial charge in [0, 0.05) is 27.1 Å². The summed E-state index contributed by atoms with van der Waals surface area (Å²) in [4.78, 5) is 31.2. The number of carbonyl (C=O) groups is 2. The molecule has 13 nitrogen and oxygen atoms in total. The maximum Gasteiger partial charge on any atom is 0.270 e. The molecule has 1 atom stereocenters. The van der Waals surface area contributed by atoms with E-state index in [1.165, 1.54) is 20.0 Å². The van der Waals surface area contributed by atoms with Gasteiger partial charge >= 0.3 is 0 Å². The average molecular weight is 503 g/mol. The number of aryl methyl sites for hydroxylation is 1. The number of ether oxygens (including phenoxy) is 3. The van der Waals surface area contributed by atoms with Crippen molar-refractivity contribution in [3.8, 4) is 5.75 Å². The first kappa shape index (κ1) is 28.4. The number of nitrogens with zero attached hydrogens (tertiary/aromatic N) is 4. The number of hydrogen-bond acceptors (Lipinski definition) is 10. The van der Waals surface area contributed by atoms with E-state index in [1.807, 2.05) is 24.3 Å². The van der Waals surface area contributed by atoms with Crippen molar-refractivity contribution in [3.63, 3.8) is 0 Å². The smallest absolute Gasteiger partial charge is 0.270 e. The molecule has 0 saturated carbocycles. The van der Waals surface area contributed by atoms with E-state index in [9.17, 15) is 9.59 Å². The lowest BCUT2D eigenvalue weighted by Gasteiger charge is -2.22. The number of hydrazine groups is 1. The van der Waals surface area contributed by atoms with Crippen LogP contribution in [0.2, 0.25) is 0 Å². The van der Waals surface area contributed by atoms with Gasteiger partial charge in [-0.25, -0.2) is 20.9 Å². The predicted molar refractivity (Wildman–Crippen MR) is 133 cm³/mol. The van der Waals surface area contributed by atoms with Crippen LogP contribution >= 0.6 is 0 Å². The highest BCUT2D eigenvalue weighted by Gasteiger charge is 2.14. The van der Waals surface area contributed by atoms with Gasteiger partial charge in [-0.05, 0) is 30.7 Å². The Morgan fingerprint density at radius 3 is 2.61 bits per heavy atom. The van der Waals surface area contributed by atoms with Crippen LogP contribution in [0.15, 0.2) is 35.4 Å². The molecule has 36 heavy (non-hydrogen) atoms. The molecule has 1 aliphatic heterocycles. The largest absolute Gasteiger partial charge is 0.497 e. The van der Waals surface area contributed by atoms with E-state index in [-0.39, 0.29) is 29.4 Å². The molecule has 1 fully saturated rings. The first-order valence-electron chi connectivity index (χ1n) is 11.2. The van der Waals surface area contributed by atoms with Crippen LogP contribution < -0.4 is 26.9 Å². The monoisotopic (exact) mass is 502 g/mol. The number of methoxy groups -OCH3 is 1. The molecule has 2 amide bonds. The Labute approximate surface area is 210 Å². The van der Waals surface area contributed by atoms with Gasteiger partial charge in [-0.15, -0.1) is 5.10 Å². The summed E-state index contributed by atoms with van der Waals surface area (Å²) in [6, 6.07) is 8.89. The number of hydrogen-bond donors (Lipinski definition) is 4. The van der Waals surface area contributed by atoms with E-state index in [4.69, 9.17) is 25.8 Å². The lowest BCUT2D eigenvalue weighted by molar-refractivity contribution is -0.121. The summed E-state index contributed by atoms with van der Waals surface area (Å²) in [5.41, 5.74) is 7.26. The Morgan fingerprint density at radius 1 is 1.22 bits per heavy atom. The second-order valence-electron chi connectivity index (χ2n) is 7.78. The third-order valence-electron chi connectivity index (χ3n) is 4.65. The number of nitrogens with two attached hydrogens (primary N) is 2. The van der Waals surface area contributed by atoms with Crippen LogP contribution in [0.1, 0.15) is 34.5 Å². The number of aromatic nitrogens is 2.